The molecule has 1 aliphatic heterocycles. The molecule has 0 aromatic carbocycles. The third-order valence-electron chi connectivity index (χ3n) is 3.31. The zero-order valence-electron chi connectivity index (χ0n) is 11.3. The maximum absolute atomic E-state index is 9.73. The Labute approximate surface area is 105 Å². The zero-order chi connectivity index (χ0) is 12.7. The number of hydrogen-bond acceptors (Lipinski definition) is 4. The van der Waals surface area contributed by atoms with E-state index in [1.54, 1.807) is 0 Å². The molecule has 1 rings (SSSR count). The summed E-state index contributed by atoms with van der Waals surface area (Å²) in [5, 5.41) is 13.0. The lowest BCUT2D eigenvalue weighted by Crippen LogP contribution is -2.38. The van der Waals surface area contributed by atoms with Crippen LogP contribution in [0.25, 0.3) is 0 Å². The highest BCUT2D eigenvalue weighted by Gasteiger charge is 2.16. The van der Waals surface area contributed by atoms with Crippen molar-refractivity contribution < 1.29 is 14.6 Å². The quantitative estimate of drug-likeness (QED) is 0.674. The minimum Gasteiger partial charge on any atom is -0.389 e. The monoisotopic (exact) mass is 245 g/mol. The van der Waals surface area contributed by atoms with Gasteiger partial charge in [0.25, 0.3) is 0 Å². The van der Waals surface area contributed by atoms with Gasteiger partial charge in [0, 0.05) is 19.2 Å². The maximum Gasteiger partial charge on any atom is 0.0897 e. The van der Waals surface area contributed by atoms with Crippen LogP contribution in [0, 0.1) is 5.92 Å². The summed E-state index contributed by atoms with van der Waals surface area (Å²) >= 11 is 0. The van der Waals surface area contributed by atoms with Crippen molar-refractivity contribution in [3.8, 4) is 0 Å². The van der Waals surface area contributed by atoms with Crippen LogP contribution in [0.15, 0.2) is 0 Å². The first kappa shape index (κ1) is 14.9. The largest absolute Gasteiger partial charge is 0.389 e. The highest BCUT2D eigenvalue weighted by Crippen LogP contribution is 2.11. The summed E-state index contributed by atoms with van der Waals surface area (Å²) in [6.45, 7) is 8.89. The van der Waals surface area contributed by atoms with Crippen molar-refractivity contribution in [2.24, 2.45) is 5.92 Å². The molecule has 17 heavy (non-hydrogen) atoms. The van der Waals surface area contributed by atoms with Crippen LogP contribution in [0.5, 0.6) is 0 Å². The minimum absolute atomic E-state index is 0.241. The first-order chi connectivity index (χ1) is 8.09. The second kappa shape index (κ2) is 8.03. The average Bonchev–Trinajstić information content (AvgIpc) is 2.78. The topological polar surface area (TPSA) is 50.7 Å². The minimum atomic E-state index is -0.433. The third kappa shape index (κ3) is 6.36. The molecule has 1 aliphatic rings. The molecule has 0 saturated carbocycles. The Morgan fingerprint density at radius 2 is 2.18 bits per heavy atom. The van der Waals surface area contributed by atoms with E-state index in [1.807, 2.05) is 0 Å². The van der Waals surface area contributed by atoms with Crippen LogP contribution in [-0.2, 0) is 9.47 Å². The summed E-state index contributed by atoms with van der Waals surface area (Å²) in [5.41, 5.74) is 0. The summed E-state index contributed by atoms with van der Waals surface area (Å²) in [6, 6.07) is 0.419. The van der Waals surface area contributed by atoms with Crippen LogP contribution in [0.1, 0.15) is 33.6 Å². The summed E-state index contributed by atoms with van der Waals surface area (Å²) in [6.07, 6.45) is 2.02. The van der Waals surface area contributed by atoms with E-state index in [-0.39, 0.29) is 6.10 Å². The lowest BCUT2D eigenvalue weighted by atomic mass is 10.1. The predicted molar refractivity (Wildman–Crippen MR) is 68.1 cm³/mol. The molecule has 2 N–H and O–H groups in total. The van der Waals surface area contributed by atoms with Gasteiger partial charge in [0.15, 0.2) is 0 Å². The summed E-state index contributed by atoms with van der Waals surface area (Å²) in [5.74, 6) is 0.579. The van der Waals surface area contributed by atoms with Gasteiger partial charge >= 0.3 is 0 Å². The van der Waals surface area contributed by atoms with Crippen LogP contribution in [0.3, 0.4) is 0 Å². The molecule has 1 saturated heterocycles. The van der Waals surface area contributed by atoms with Crippen molar-refractivity contribution in [1.29, 1.82) is 0 Å². The van der Waals surface area contributed by atoms with Crippen LogP contribution in [-0.4, -0.2) is 49.7 Å². The van der Waals surface area contributed by atoms with Gasteiger partial charge in [0.1, 0.15) is 0 Å². The van der Waals surface area contributed by atoms with Gasteiger partial charge in [-0.05, 0) is 25.7 Å². The molecule has 0 aromatic rings. The van der Waals surface area contributed by atoms with Gasteiger partial charge < -0.3 is 19.9 Å². The van der Waals surface area contributed by atoms with Gasteiger partial charge in [-0.25, -0.2) is 0 Å². The normalized spacial score (nSPS) is 24.2. The fraction of sp³-hybridized carbons (Fsp3) is 1.00. The predicted octanol–water partition coefficient (Wildman–Crippen LogP) is 1.18. The van der Waals surface area contributed by atoms with Gasteiger partial charge in [-0.2, -0.15) is 0 Å². The molecular formula is C13H27NO3. The molecular weight excluding hydrogens is 218 g/mol. The second-order valence-corrected chi connectivity index (χ2v) is 5.27. The lowest BCUT2D eigenvalue weighted by Gasteiger charge is -2.20. The van der Waals surface area contributed by atoms with Gasteiger partial charge in [0.05, 0.1) is 25.4 Å². The zero-order valence-corrected chi connectivity index (χ0v) is 11.3. The van der Waals surface area contributed by atoms with Crippen molar-refractivity contribution in [3.63, 3.8) is 0 Å². The Kier molecular flexibility index (Phi) is 7.04. The van der Waals surface area contributed by atoms with E-state index < -0.39 is 6.10 Å². The average molecular weight is 245 g/mol. The fourth-order valence-electron chi connectivity index (χ4n) is 1.73. The first-order valence-corrected chi connectivity index (χ1v) is 6.70. The van der Waals surface area contributed by atoms with Gasteiger partial charge in [-0.15, -0.1) is 0 Å². The molecule has 0 spiro atoms. The van der Waals surface area contributed by atoms with Gasteiger partial charge in [-0.3, -0.25) is 0 Å². The molecule has 0 amide bonds. The Hall–Kier alpha value is -0.160. The molecule has 1 fully saturated rings. The number of aliphatic hydroxyl groups excluding tert-OH is 1. The Morgan fingerprint density at radius 1 is 1.41 bits per heavy atom. The fourth-order valence-corrected chi connectivity index (χ4v) is 1.73. The lowest BCUT2D eigenvalue weighted by molar-refractivity contribution is -0.0171. The van der Waals surface area contributed by atoms with Crippen LogP contribution in [0.2, 0.25) is 0 Å². The molecule has 0 aromatic heterocycles. The van der Waals surface area contributed by atoms with Crippen molar-refractivity contribution in [2.45, 2.75) is 51.9 Å². The number of hydrogen-bond donors (Lipinski definition) is 2. The van der Waals surface area contributed by atoms with E-state index in [1.165, 1.54) is 0 Å². The Bertz CT molecular complexity index is 193. The number of ether oxygens (including phenoxy) is 2. The van der Waals surface area contributed by atoms with Crippen LogP contribution < -0.4 is 5.32 Å². The third-order valence-corrected chi connectivity index (χ3v) is 3.31. The van der Waals surface area contributed by atoms with E-state index in [2.05, 4.69) is 26.1 Å². The molecule has 3 unspecified atom stereocenters. The SMILES string of the molecule is CC(C)C(C)NCC(O)COCC1CCCO1. The Balaban J connectivity index is 1.98. The molecule has 1 heterocycles. The summed E-state index contributed by atoms with van der Waals surface area (Å²) in [7, 11) is 0. The van der Waals surface area contributed by atoms with Crippen molar-refractivity contribution >= 4 is 0 Å². The number of aliphatic hydroxyl groups is 1. The molecule has 4 heteroatoms. The summed E-state index contributed by atoms with van der Waals surface area (Å²) in [4.78, 5) is 0. The van der Waals surface area contributed by atoms with E-state index in [0.29, 0.717) is 31.7 Å². The smallest absolute Gasteiger partial charge is 0.0897 e. The van der Waals surface area contributed by atoms with Crippen LogP contribution in [0.4, 0.5) is 0 Å². The molecule has 3 atom stereocenters. The standard InChI is InChI=1S/C13H27NO3/c1-10(2)11(3)14-7-12(15)8-16-9-13-5-4-6-17-13/h10-15H,4-9H2,1-3H3. The van der Waals surface area contributed by atoms with Crippen molar-refractivity contribution in [1.82, 2.24) is 5.32 Å². The molecule has 4 nitrogen and oxygen atoms in total. The van der Waals surface area contributed by atoms with Crippen molar-refractivity contribution in [3.05, 3.63) is 0 Å². The molecule has 0 radical (unpaired) electrons. The van der Waals surface area contributed by atoms with E-state index in [9.17, 15) is 5.11 Å². The molecule has 0 aliphatic carbocycles. The second-order valence-electron chi connectivity index (χ2n) is 5.27. The van der Waals surface area contributed by atoms with E-state index >= 15 is 0 Å². The maximum atomic E-state index is 9.73. The summed E-state index contributed by atoms with van der Waals surface area (Å²) < 4.78 is 10.9. The van der Waals surface area contributed by atoms with E-state index in [4.69, 9.17) is 9.47 Å². The van der Waals surface area contributed by atoms with Crippen molar-refractivity contribution in [2.75, 3.05) is 26.4 Å². The first-order valence-electron chi connectivity index (χ1n) is 6.70. The molecule has 0 bridgehead atoms. The Morgan fingerprint density at radius 3 is 2.76 bits per heavy atom. The molecule has 102 valence electrons. The van der Waals surface area contributed by atoms with Crippen LogP contribution >= 0.6 is 0 Å². The van der Waals surface area contributed by atoms with Gasteiger partial charge in [-0.1, -0.05) is 13.8 Å². The number of rotatable bonds is 8. The van der Waals surface area contributed by atoms with Gasteiger partial charge in [0.2, 0.25) is 0 Å². The highest BCUT2D eigenvalue weighted by molar-refractivity contribution is 4.68. The highest BCUT2D eigenvalue weighted by atomic mass is 16.5. The van der Waals surface area contributed by atoms with E-state index in [0.717, 1.165) is 19.4 Å². The number of nitrogens with one attached hydrogen (secondary N) is 1.